The summed E-state index contributed by atoms with van der Waals surface area (Å²) in [6.45, 7) is 1.40. The molecule has 0 aliphatic rings. The van der Waals surface area contributed by atoms with Crippen molar-refractivity contribution in [3.05, 3.63) is 52.5 Å². The number of carbonyl (C=O) groups excluding carboxylic acids is 2. The summed E-state index contributed by atoms with van der Waals surface area (Å²) in [5, 5.41) is 3.15. The van der Waals surface area contributed by atoms with Crippen molar-refractivity contribution < 1.29 is 23.8 Å². The third kappa shape index (κ3) is 4.87. The lowest BCUT2D eigenvalue weighted by Crippen LogP contribution is -2.21. The Morgan fingerprint density at radius 1 is 1.08 bits per heavy atom. The van der Waals surface area contributed by atoms with Gasteiger partial charge in [-0.3, -0.25) is 4.79 Å². The Morgan fingerprint density at radius 3 is 2.52 bits per heavy atom. The fraction of sp³-hybridized carbons (Fsp3) is 0.222. The number of nitrogens with one attached hydrogen (secondary N) is 1. The molecule has 25 heavy (non-hydrogen) atoms. The summed E-state index contributed by atoms with van der Waals surface area (Å²) in [5.74, 6) is -0.290. The predicted molar refractivity (Wildman–Crippen MR) is 94.6 cm³/mol. The van der Waals surface area contributed by atoms with Crippen molar-refractivity contribution in [3.8, 4) is 11.5 Å². The number of hydrogen-bond donors (Lipinski definition) is 1. The van der Waals surface area contributed by atoms with Gasteiger partial charge in [0, 0.05) is 16.8 Å². The Bertz CT molecular complexity index is 791. The number of hydrogen-bond acceptors (Lipinski definition) is 5. The molecule has 0 aromatic heterocycles. The van der Waals surface area contributed by atoms with Crippen LogP contribution in [-0.4, -0.2) is 32.7 Å². The molecule has 2 rings (SSSR count). The Kier molecular flexibility index (Phi) is 6.25. The molecule has 0 radical (unpaired) electrons. The van der Waals surface area contributed by atoms with E-state index < -0.39 is 18.5 Å². The number of aryl methyl sites for hydroxylation is 1. The van der Waals surface area contributed by atoms with Gasteiger partial charge in [0.2, 0.25) is 0 Å². The van der Waals surface area contributed by atoms with Crippen LogP contribution < -0.4 is 14.8 Å². The average Bonchev–Trinajstić information content (AvgIpc) is 2.62. The van der Waals surface area contributed by atoms with Gasteiger partial charge in [-0.05, 0) is 36.8 Å². The van der Waals surface area contributed by atoms with Gasteiger partial charge in [0.25, 0.3) is 5.91 Å². The first-order chi connectivity index (χ1) is 11.9. The first kappa shape index (κ1) is 18.6. The molecule has 0 bridgehead atoms. The van der Waals surface area contributed by atoms with Gasteiger partial charge in [0.1, 0.15) is 17.1 Å². The quantitative estimate of drug-likeness (QED) is 0.795. The number of methoxy groups -OCH3 is 2. The van der Waals surface area contributed by atoms with Crippen LogP contribution in [0.5, 0.6) is 11.5 Å². The van der Waals surface area contributed by atoms with Crippen molar-refractivity contribution in [3.63, 3.8) is 0 Å². The van der Waals surface area contributed by atoms with Crippen LogP contribution in [0, 0.1) is 6.92 Å². The standard InChI is InChI=1S/C18H18ClNO5/c1-11-4-5-12(19)8-15(11)20-17(21)10-25-18(22)14-7-6-13(23-2)9-16(14)24-3/h4-9H,10H2,1-3H3,(H,20,21). The van der Waals surface area contributed by atoms with Crippen molar-refractivity contribution in [1.82, 2.24) is 0 Å². The zero-order chi connectivity index (χ0) is 18.4. The summed E-state index contributed by atoms with van der Waals surface area (Å²) < 4.78 is 15.3. The second-order valence-corrected chi connectivity index (χ2v) is 5.59. The topological polar surface area (TPSA) is 73.9 Å². The van der Waals surface area contributed by atoms with E-state index in [0.29, 0.717) is 22.2 Å². The van der Waals surface area contributed by atoms with E-state index in [0.717, 1.165) is 5.56 Å². The van der Waals surface area contributed by atoms with Crippen molar-refractivity contribution in [2.24, 2.45) is 0 Å². The van der Waals surface area contributed by atoms with Crippen LogP contribution in [0.4, 0.5) is 5.69 Å². The Hall–Kier alpha value is -2.73. The number of anilines is 1. The smallest absolute Gasteiger partial charge is 0.342 e. The summed E-state index contributed by atoms with van der Waals surface area (Å²) in [6, 6.07) is 9.82. The highest BCUT2D eigenvalue weighted by atomic mass is 35.5. The third-order valence-corrected chi connectivity index (χ3v) is 3.67. The van der Waals surface area contributed by atoms with Crippen LogP contribution in [-0.2, 0) is 9.53 Å². The van der Waals surface area contributed by atoms with Crippen molar-refractivity contribution >= 4 is 29.2 Å². The second kappa shape index (κ2) is 8.39. The number of benzene rings is 2. The first-order valence-corrected chi connectivity index (χ1v) is 7.77. The summed E-state index contributed by atoms with van der Waals surface area (Å²) in [5.41, 5.74) is 1.62. The molecule has 6 nitrogen and oxygen atoms in total. The molecule has 0 saturated heterocycles. The van der Waals surface area contributed by atoms with Crippen LogP contribution in [0.3, 0.4) is 0 Å². The summed E-state index contributed by atoms with van der Waals surface area (Å²) in [7, 11) is 2.94. The average molecular weight is 364 g/mol. The number of rotatable bonds is 6. The molecule has 0 aliphatic carbocycles. The van der Waals surface area contributed by atoms with E-state index in [1.54, 1.807) is 30.3 Å². The molecule has 0 heterocycles. The van der Waals surface area contributed by atoms with E-state index >= 15 is 0 Å². The highest BCUT2D eigenvalue weighted by Gasteiger charge is 2.16. The molecule has 1 N–H and O–H groups in total. The fourth-order valence-corrected chi connectivity index (χ4v) is 2.26. The van der Waals surface area contributed by atoms with E-state index in [-0.39, 0.29) is 5.56 Å². The Balaban J connectivity index is 2.00. The van der Waals surface area contributed by atoms with E-state index in [4.69, 9.17) is 25.8 Å². The molecule has 0 saturated carbocycles. The molecule has 132 valence electrons. The third-order valence-electron chi connectivity index (χ3n) is 3.44. The molecule has 7 heteroatoms. The second-order valence-electron chi connectivity index (χ2n) is 5.15. The molecule has 0 fully saturated rings. The fourth-order valence-electron chi connectivity index (χ4n) is 2.09. The normalized spacial score (nSPS) is 10.1. The van der Waals surface area contributed by atoms with Gasteiger partial charge < -0.3 is 19.5 Å². The number of ether oxygens (including phenoxy) is 3. The molecule has 0 aliphatic heterocycles. The summed E-state index contributed by atoms with van der Waals surface area (Å²) in [4.78, 5) is 24.1. The Labute approximate surface area is 150 Å². The molecule has 2 aromatic carbocycles. The van der Waals surface area contributed by atoms with Gasteiger partial charge in [-0.25, -0.2) is 4.79 Å². The van der Waals surface area contributed by atoms with Crippen molar-refractivity contribution in [2.75, 3.05) is 26.1 Å². The minimum absolute atomic E-state index is 0.204. The monoisotopic (exact) mass is 363 g/mol. The SMILES string of the molecule is COc1ccc(C(=O)OCC(=O)Nc2cc(Cl)ccc2C)c(OC)c1. The van der Waals surface area contributed by atoms with Gasteiger partial charge in [0.15, 0.2) is 6.61 Å². The number of halogens is 1. The lowest BCUT2D eigenvalue weighted by Gasteiger charge is -2.11. The van der Waals surface area contributed by atoms with Crippen molar-refractivity contribution in [2.45, 2.75) is 6.92 Å². The zero-order valence-corrected chi connectivity index (χ0v) is 14.8. The Morgan fingerprint density at radius 2 is 1.84 bits per heavy atom. The minimum Gasteiger partial charge on any atom is -0.497 e. The highest BCUT2D eigenvalue weighted by molar-refractivity contribution is 6.31. The maximum atomic E-state index is 12.2. The van der Waals surface area contributed by atoms with Crippen molar-refractivity contribution in [1.29, 1.82) is 0 Å². The van der Waals surface area contributed by atoms with Crippen LogP contribution in [0.1, 0.15) is 15.9 Å². The van der Waals surface area contributed by atoms with E-state index in [1.165, 1.54) is 20.3 Å². The molecular formula is C18H18ClNO5. The van der Waals surface area contributed by atoms with Crippen LogP contribution in [0.2, 0.25) is 5.02 Å². The lowest BCUT2D eigenvalue weighted by molar-refractivity contribution is -0.119. The minimum atomic E-state index is -0.669. The number of esters is 1. The maximum Gasteiger partial charge on any atom is 0.342 e. The van der Waals surface area contributed by atoms with Crippen LogP contribution >= 0.6 is 11.6 Å². The molecule has 1 amide bonds. The molecule has 2 aromatic rings. The maximum absolute atomic E-state index is 12.2. The molecule has 0 atom stereocenters. The van der Waals surface area contributed by atoms with E-state index in [2.05, 4.69) is 5.32 Å². The molecular weight excluding hydrogens is 346 g/mol. The lowest BCUT2D eigenvalue weighted by atomic mass is 10.2. The number of amides is 1. The van der Waals surface area contributed by atoms with Gasteiger partial charge in [-0.1, -0.05) is 17.7 Å². The van der Waals surface area contributed by atoms with Crippen LogP contribution in [0.15, 0.2) is 36.4 Å². The van der Waals surface area contributed by atoms with Crippen LogP contribution in [0.25, 0.3) is 0 Å². The van der Waals surface area contributed by atoms with E-state index in [9.17, 15) is 9.59 Å². The predicted octanol–water partition coefficient (Wildman–Crippen LogP) is 3.46. The molecule has 0 unspecified atom stereocenters. The zero-order valence-electron chi connectivity index (χ0n) is 14.1. The van der Waals surface area contributed by atoms with Gasteiger partial charge in [0.05, 0.1) is 14.2 Å². The first-order valence-electron chi connectivity index (χ1n) is 7.39. The van der Waals surface area contributed by atoms with E-state index in [1.807, 2.05) is 6.92 Å². The molecule has 0 spiro atoms. The number of carbonyl (C=O) groups is 2. The van der Waals surface area contributed by atoms with Gasteiger partial charge >= 0.3 is 5.97 Å². The summed E-state index contributed by atoms with van der Waals surface area (Å²) >= 11 is 5.91. The highest BCUT2D eigenvalue weighted by Crippen LogP contribution is 2.25. The van der Waals surface area contributed by atoms with Gasteiger partial charge in [-0.2, -0.15) is 0 Å². The largest absolute Gasteiger partial charge is 0.497 e. The van der Waals surface area contributed by atoms with Gasteiger partial charge in [-0.15, -0.1) is 0 Å². The summed E-state index contributed by atoms with van der Waals surface area (Å²) in [6.07, 6.45) is 0.